The molecule has 13 aromatic rings. The predicted molar refractivity (Wildman–Crippen MR) is 334 cm³/mol. The summed E-state index contributed by atoms with van der Waals surface area (Å²) in [5.41, 5.74) is 11.7. The molecule has 0 unspecified atom stereocenters. The molecule has 0 N–H and O–H groups in total. The Morgan fingerprint density at radius 2 is 0.744 bits per heavy atom. The molecular formula is C73H44N8Si. The van der Waals surface area contributed by atoms with Gasteiger partial charge >= 0.3 is 0 Å². The summed E-state index contributed by atoms with van der Waals surface area (Å²) in [5, 5.41) is 17.0. The minimum atomic E-state index is -2.93. The molecule has 2 heterocycles. The van der Waals surface area contributed by atoms with Crippen LogP contribution >= 0.6 is 0 Å². The SMILES string of the molecule is [C-]#[N+]c1cc(C#N)cc(-c2ccc3c(c2)c2cc(-c4cc([N+]#[C-])cc([N+]#[C-])c4)ccc2n3-c2cc(-c3cccc([Si](c4ccccc4)(c4ccccc4)c4ccccc4)c3)ccc2-c2nc(-c3ccccc3)nc(-c3ccccc3)n2)c1. The smallest absolute Gasteiger partial charge is 0.189 e. The third-order valence-electron chi connectivity index (χ3n) is 15.2. The molecule has 8 nitrogen and oxygen atoms in total. The summed E-state index contributed by atoms with van der Waals surface area (Å²) >= 11 is 0. The number of nitrogens with zero attached hydrogens (tertiary/aromatic N) is 8. The summed E-state index contributed by atoms with van der Waals surface area (Å²) in [4.78, 5) is 26.9. The Kier molecular flexibility index (Phi) is 13.0. The Hall–Kier alpha value is -11.6. The number of hydrogen-bond acceptors (Lipinski definition) is 4. The van der Waals surface area contributed by atoms with Gasteiger partial charge in [0.05, 0.1) is 42.5 Å². The van der Waals surface area contributed by atoms with Crippen LogP contribution in [0.1, 0.15) is 5.56 Å². The molecule has 0 aliphatic carbocycles. The number of hydrogen-bond donors (Lipinski definition) is 0. The van der Waals surface area contributed by atoms with Crippen LogP contribution in [0.2, 0.25) is 0 Å². The van der Waals surface area contributed by atoms with Crippen LogP contribution in [-0.2, 0) is 0 Å². The highest BCUT2D eigenvalue weighted by molar-refractivity contribution is 7.19. The van der Waals surface area contributed by atoms with Gasteiger partial charge in [-0.2, -0.15) is 5.26 Å². The van der Waals surface area contributed by atoms with E-state index >= 15 is 0 Å². The second-order valence-electron chi connectivity index (χ2n) is 20.0. The largest absolute Gasteiger partial charge is 0.308 e. The Morgan fingerprint density at radius 3 is 1.23 bits per heavy atom. The first-order valence-electron chi connectivity index (χ1n) is 26.6. The molecule has 0 bridgehead atoms. The molecule has 0 saturated carbocycles. The van der Waals surface area contributed by atoms with Gasteiger partial charge < -0.3 is 4.57 Å². The maximum Gasteiger partial charge on any atom is 0.189 e. The molecule has 0 saturated heterocycles. The molecule has 0 aliphatic rings. The number of fused-ring (bicyclic) bond motifs is 3. The van der Waals surface area contributed by atoms with Crippen LogP contribution in [0.3, 0.4) is 0 Å². The van der Waals surface area contributed by atoms with Crippen molar-refractivity contribution >= 4 is 67.7 Å². The van der Waals surface area contributed by atoms with Crippen molar-refractivity contribution in [1.29, 1.82) is 5.26 Å². The van der Waals surface area contributed by atoms with E-state index in [1.807, 2.05) is 97.1 Å². The molecule has 82 heavy (non-hydrogen) atoms. The molecule has 9 heteroatoms. The van der Waals surface area contributed by atoms with E-state index in [4.69, 9.17) is 34.7 Å². The standard InChI is InChI=1S/C73H44N8Si/c1-75-58-39-49(48-74)38-56(40-58)53-33-36-68-66(44-53)67-45-54(57-41-59(76-2)47-60(42-57)77-3)34-37-69(67)81(68)70-46-55(32-35-65(70)73-79-71(50-20-9-4-10-21-50)78-72(80-73)51-22-11-5-12-23-51)52-24-19-31-64(43-52)82(61-25-13-6-14-26-61,62-27-15-7-16-28-62)63-29-17-8-18-30-63/h4-47H. The topological polar surface area (TPSA) is 80.5 Å². The summed E-state index contributed by atoms with van der Waals surface area (Å²) < 4.78 is 2.28. The second-order valence-corrected chi connectivity index (χ2v) is 23.8. The molecular weight excluding hydrogens is 1020 g/mol. The van der Waals surface area contributed by atoms with E-state index in [1.165, 1.54) is 20.7 Å². The fraction of sp³-hybridized carbons (Fsp3) is 0. The average Bonchev–Trinajstić information content (AvgIpc) is 3.99. The third-order valence-corrected chi connectivity index (χ3v) is 20.0. The van der Waals surface area contributed by atoms with Crippen LogP contribution in [0.25, 0.3) is 110 Å². The van der Waals surface area contributed by atoms with Gasteiger partial charge in [0, 0.05) is 33.0 Å². The van der Waals surface area contributed by atoms with Gasteiger partial charge in [-0.05, 0) is 109 Å². The summed E-state index contributed by atoms with van der Waals surface area (Å²) in [6.45, 7) is 23.7. The Morgan fingerprint density at radius 1 is 0.341 bits per heavy atom. The van der Waals surface area contributed by atoms with Crippen LogP contribution in [-0.4, -0.2) is 27.6 Å². The van der Waals surface area contributed by atoms with E-state index in [0.29, 0.717) is 40.1 Å². The van der Waals surface area contributed by atoms with E-state index < -0.39 is 8.07 Å². The number of aromatic nitrogens is 4. The summed E-state index contributed by atoms with van der Waals surface area (Å²) in [6, 6.07) is 93.7. The van der Waals surface area contributed by atoms with Crippen molar-refractivity contribution < 1.29 is 0 Å². The van der Waals surface area contributed by atoms with Crippen molar-refractivity contribution in [2.45, 2.75) is 0 Å². The van der Waals surface area contributed by atoms with Gasteiger partial charge in [0.25, 0.3) is 0 Å². The molecule has 0 fully saturated rings. The molecule has 380 valence electrons. The highest BCUT2D eigenvalue weighted by Gasteiger charge is 2.41. The summed E-state index contributed by atoms with van der Waals surface area (Å²) in [5.74, 6) is 1.55. The van der Waals surface area contributed by atoms with Gasteiger partial charge in [0.2, 0.25) is 0 Å². The quantitative estimate of drug-likeness (QED) is 0.0734. The van der Waals surface area contributed by atoms with Gasteiger partial charge in [0.1, 0.15) is 0 Å². The molecule has 0 amide bonds. The van der Waals surface area contributed by atoms with Crippen molar-refractivity contribution in [3.63, 3.8) is 0 Å². The molecule has 0 radical (unpaired) electrons. The molecule has 2 aromatic heterocycles. The number of rotatable bonds is 11. The first-order valence-corrected chi connectivity index (χ1v) is 28.6. The van der Waals surface area contributed by atoms with Crippen molar-refractivity contribution in [2.75, 3.05) is 0 Å². The maximum atomic E-state index is 10.1. The second kappa shape index (κ2) is 21.3. The van der Waals surface area contributed by atoms with E-state index in [0.717, 1.165) is 77.6 Å². The number of nitriles is 1. The van der Waals surface area contributed by atoms with Crippen LogP contribution in [0.4, 0.5) is 17.1 Å². The van der Waals surface area contributed by atoms with E-state index in [1.54, 1.807) is 12.1 Å². The Labute approximate surface area is 475 Å². The van der Waals surface area contributed by atoms with Gasteiger partial charge in [-0.3, -0.25) is 0 Å². The van der Waals surface area contributed by atoms with Gasteiger partial charge in [-0.25, -0.2) is 29.5 Å². The zero-order chi connectivity index (χ0) is 55.6. The fourth-order valence-electron chi connectivity index (χ4n) is 11.5. The van der Waals surface area contributed by atoms with Crippen LogP contribution in [0, 0.1) is 31.0 Å². The van der Waals surface area contributed by atoms with Gasteiger partial charge in [-0.15, -0.1) is 0 Å². The van der Waals surface area contributed by atoms with Crippen LogP contribution in [0.15, 0.2) is 267 Å². The van der Waals surface area contributed by atoms with Gasteiger partial charge in [0.15, 0.2) is 42.6 Å². The lowest BCUT2D eigenvalue weighted by Gasteiger charge is -2.34. The monoisotopic (exact) mass is 1060 g/mol. The van der Waals surface area contributed by atoms with E-state index in [-0.39, 0.29) is 0 Å². The van der Waals surface area contributed by atoms with E-state index in [2.05, 4.69) is 183 Å². The van der Waals surface area contributed by atoms with E-state index in [9.17, 15) is 5.26 Å². The lowest BCUT2D eigenvalue weighted by atomic mass is 9.98. The zero-order valence-corrected chi connectivity index (χ0v) is 45.0. The molecule has 13 rings (SSSR count). The van der Waals surface area contributed by atoms with Gasteiger partial charge in [-0.1, -0.05) is 212 Å². The lowest BCUT2D eigenvalue weighted by Crippen LogP contribution is -2.74. The number of benzene rings is 11. The molecule has 0 aliphatic heterocycles. The van der Waals surface area contributed by atoms with Crippen molar-refractivity contribution in [3.8, 4) is 79.3 Å². The first-order chi connectivity index (χ1) is 40.4. The normalized spacial score (nSPS) is 11.1. The van der Waals surface area contributed by atoms with Crippen molar-refractivity contribution in [1.82, 2.24) is 19.5 Å². The fourth-order valence-corrected chi connectivity index (χ4v) is 16.2. The first kappa shape index (κ1) is 49.9. The highest BCUT2D eigenvalue weighted by Crippen LogP contribution is 2.42. The summed E-state index contributed by atoms with van der Waals surface area (Å²) in [7, 11) is -2.93. The Balaban J connectivity index is 1.11. The van der Waals surface area contributed by atoms with Crippen molar-refractivity contribution in [2.24, 2.45) is 0 Å². The molecule has 11 aromatic carbocycles. The Bertz CT molecular complexity index is 4430. The minimum absolute atomic E-state index is 0.373. The third kappa shape index (κ3) is 9.04. The average molecular weight is 1060 g/mol. The highest BCUT2D eigenvalue weighted by atomic mass is 28.3. The maximum absolute atomic E-state index is 10.1. The van der Waals surface area contributed by atoms with Crippen LogP contribution < -0.4 is 20.7 Å². The van der Waals surface area contributed by atoms with Crippen LogP contribution in [0.5, 0.6) is 0 Å². The van der Waals surface area contributed by atoms with Crippen molar-refractivity contribution in [3.05, 3.63) is 307 Å². The summed E-state index contributed by atoms with van der Waals surface area (Å²) in [6.07, 6.45) is 0. The molecule has 0 spiro atoms. The lowest BCUT2D eigenvalue weighted by molar-refractivity contribution is 1.06. The molecule has 0 atom stereocenters. The minimum Gasteiger partial charge on any atom is -0.308 e. The predicted octanol–water partition coefficient (Wildman–Crippen LogP) is 15.9. The zero-order valence-electron chi connectivity index (χ0n) is 44.0.